The van der Waals surface area contributed by atoms with Crippen molar-refractivity contribution in [3.05, 3.63) is 29.8 Å². The SMILES string of the molecule is O=C(NCCC1CCCCO1)NCc1ccccc1OC(F)(F)F. The lowest BCUT2D eigenvalue weighted by atomic mass is 10.1. The topological polar surface area (TPSA) is 59.6 Å². The third-order valence-electron chi connectivity index (χ3n) is 3.66. The molecule has 5 nitrogen and oxygen atoms in total. The largest absolute Gasteiger partial charge is 0.573 e. The second-order valence-corrected chi connectivity index (χ2v) is 5.54. The molecule has 1 aliphatic heterocycles. The van der Waals surface area contributed by atoms with Crippen LogP contribution in [0.5, 0.6) is 5.75 Å². The van der Waals surface area contributed by atoms with Crippen LogP contribution in [0.15, 0.2) is 24.3 Å². The number of nitrogens with one attached hydrogen (secondary N) is 2. The summed E-state index contributed by atoms with van der Waals surface area (Å²) in [5.74, 6) is -0.319. The first-order chi connectivity index (χ1) is 11.4. The summed E-state index contributed by atoms with van der Waals surface area (Å²) in [6.45, 7) is 1.15. The van der Waals surface area contributed by atoms with E-state index in [1.165, 1.54) is 18.2 Å². The zero-order chi connectivity index (χ0) is 17.4. The Labute approximate surface area is 138 Å². The average Bonchev–Trinajstić information content (AvgIpc) is 2.54. The van der Waals surface area contributed by atoms with E-state index in [1.807, 2.05) is 0 Å². The van der Waals surface area contributed by atoms with Gasteiger partial charge in [-0.25, -0.2) is 4.79 Å². The molecule has 0 saturated carbocycles. The van der Waals surface area contributed by atoms with E-state index >= 15 is 0 Å². The average molecular weight is 346 g/mol. The molecule has 2 amide bonds. The Bertz CT molecular complexity index is 532. The van der Waals surface area contributed by atoms with Gasteiger partial charge in [0.15, 0.2) is 0 Å². The summed E-state index contributed by atoms with van der Waals surface area (Å²) in [6, 6.07) is 5.26. The quantitative estimate of drug-likeness (QED) is 0.830. The number of amides is 2. The molecule has 0 radical (unpaired) electrons. The number of ether oxygens (including phenoxy) is 2. The van der Waals surface area contributed by atoms with Crippen molar-refractivity contribution in [3.63, 3.8) is 0 Å². The lowest BCUT2D eigenvalue weighted by molar-refractivity contribution is -0.274. The normalized spacial score (nSPS) is 18.0. The van der Waals surface area contributed by atoms with Gasteiger partial charge in [-0.1, -0.05) is 18.2 Å². The van der Waals surface area contributed by atoms with Crippen molar-refractivity contribution in [2.45, 2.75) is 44.7 Å². The van der Waals surface area contributed by atoms with Gasteiger partial charge in [0.25, 0.3) is 0 Å². The van der Waals surface area contributed by atoms with Crippen molar-refractivity contribution in [1.82, 2.24) is 10.6 Å². The Hall–Kier alpha value is -1.96. The molecule has 1 aliphatic rings. The van der Waals surface area contributed by atoms with E-state index in [4.69, 9.17) is 4.74 Å². The van der Waals surface area contributed by atoms with Gasteiger partial charge >= 0.3 is 12.4 Å². The lowest BCUT2D eigenvalue weighted by Gasteiger charge is -2.22. The maximum Gasteiger partial charge on any atom is 0.573 e. The second kappa shape index (κ2) is 8.77. The van der Waals surface area contributed by atoms with Gasteiger partial charge in [-0.2, -0.15) is 0 Å². The first-order valence-corrected chi connectivity index (χ1v) is 7.91. The van der Waals surface area contributed by atoms with E-state index in [9.17, 15) is 18.0 Å². The molecule has 0 aromatic heterocycles. The highest BCUT2D eigenvalue weighted by molar-refractivity contribution is 5.73. The van der Waals surface area contributed by atoms with Crippen molar-refractivity contribution < 1.29 is 27.4 Å². The molecule has 1 atom stereocenters. The Kier molecular flexibility index (Phi) is 6.72. The standard InChI is InChI=1S/C16H21F3N2O3/c17-16(18,19)24-14-7-2-1-5-12(14)11-21-15(22)20-9-8-13-6-3-4-10-23-13/h1-2,5,7,13H,3-4,6,8-11H2,(H2,20,21,22). The minimum atomic E-state index is -4.77. The van der Waals surface area contributed by atoms with Gasteiger partial charge in [0.1, 0.15) is 5.75 Å². The van der Waals surface area contributed by atoms with Crippen LogP contribution in [0.2, 0.25) is 0 Å². The smallest absolute Gasteiger partial charge is 0.405 e. The predicted molar refractivity (Wildman–Crippen MR) is 81.6 cm³/mol. The zero-order valence-electron chi connectivity index (χ0n) is 13.2. The Morgan fingerprint density at radius 1 is 1.25 bits per heavy atom. The summed E-state index contributed by atoms with van der Waals surface area (Å²) in [5.41, 5.74) is 0.251. The van der Waals surface area contributed by atoms with Crippen molar-refractivity contribution in [3.8, 4) is 5.75 Å². The van der Waals surface area contributed by atoms with E-state index in [-0.39, 0.29) is 24.0 Å². The Morgan fingerprint density at radius 3 is 2.75 bits per heavy atom. The lowest BCUT2D eigenvalue weighted by Crippen LogP contribution is -2.37. The number of alkyl halides is 3. The molecule has 1 aromatic carbocycles. The molecule has 24 heavy (non-hydrogen) atoms. The molecule has 0 bridgehead atoms. The third kappa shape index (κ3) is 6.66. The van der Waals surface area contributed by atoms with Crippen LogP contribution in [-0.4, -0.2) is 31.6 Å². The van der Waals surface area contributed by atoms with Crippen LogP contribution in [0.4, 0.5) is 18.0 Å². The number of urea groups is 1. The number of para-hydroxylation sites is 1. The second-order valence-electron chi connectivity index (χ2n) is 5.54. The number of carbonyl (C=O) groups is 1. The number of rotatable bonds is 6. The van der Waals surface area contributed by atoms with Crippen molar-refractivity contribution >= 4 is 6.03 Å². The summed E-state index contributed by atoms with van der Waals surface area (Å²) in [5, 5.41) is 5.20. The summed E-state index contributed by atoms with van der Waals surface area (Å²) >= 11 is 0. The van der Waals surface area contributed by atoms with Crippen LogP contribution in [0.25, 0.3) is 0 Å². The Morgan fingerprint density at radius 2 is 2.04 bits per heavy atom. The summed E-state index contributed by atoms with van der Waals surface area (Å²) in [6.07, 6.45) is -0.679. The highest BCUT2D eigenvalue weighted by Crippen LogP contribution is 2.26. The predicted octanol–water partition coefficient (Wildman–Crippen LogP) is 3.34. The molecule has 2 rings (SSSR count). The maximum atomic E-state index is 12.3. The fraction of sp³-hybridized carbons (Fsp3) is 0.562. The molecular weight excluding hydrogens is 325 g/mol. The fourth-order valence-electron chi connectivity index (χ4n) is 2.49. The molecule has 134 valence electrons. The van der Waals surface area contributed by atoms with Gasteiger partial charge in [0, 0.05) is 25.3 Å². The summed E-state index contributed by atoms with van der Waals surface area (Å²) in [7, 11) is 0. The third-order valence-corrected chi connectivity index (χ3v) is 3.66. The van der Waals surface area contributed by atoms with Gasteiger partial charge in [-0.3, -0.25) is 0 Å². The molecule has 0 spiro atoms. The highest BCUT2D eigenvalue weighted by atomic mass is 19.4. The number of halogens is 3. The monoisotopic (exact) mass is 346 g/mol. The minimum absolute atomic E-state index is 0.0575. The first-order valence-electron chi connectivity index (χ1n) is 7.91. The number of carbonyl (C=O) groups excluding carboxylic acids is 1. The van der Waals surface area contributed by atoms with Crippen LogP contribution in [0.3, 0.4) is 0 Å². The van der Waals surface area contributed by atoms with Crippen LogP contribution in [-0.2, 0) is 11.3 Å². The summed E-state index contributed by atoms with van der Waals surface area (Å²) < 4.78 is 46.5. The molecular formula is C16H21F3N2O3. The number of hydrogen-bond donors (Lipinski definition) is 2. The Balaban J connectivity index is 1.73. The van der Waals surface area contributed by atoms with Crippen LogP contribution >= 0.6 is 0 Å². The number of hydrogen-bond acceptors (Lipinski definition) is 3. The molecule has 2 N–H and O–H groups in total. The molecule has 1 unspecified atom stereocenters. The first kappa shape index (κ1) is 18.4. The van der Waals surface area contributed by atoms with Crippen molar-refractivity contribution in [2.75, 3.05) is 13.2 Å². The van der Waals surface area contributed by atoms with E-state index in [2.05, 4.69) is 15.4 Å². The molecule has 8 heteroatoms. The van der Waals surface area contributed by atoms with Gasteiger partial charge in [0.2, 0.25) is 0 Å². The van der Waals surface area contributed by atoms with E-state index in [1.54, 1.807) is 6.07 Å². The van der Waals surface area contributed by atoms with E-state index in [0.29, 0.717) is 6.54 Å². The molecule has 1 saturated heterocycles. The zero-order valence-corrected chi connectivity index (χ0v) is 13.2. The van der Waals surface area contributed by atoms with Crippen LogP contribution in [0, 0.1) is 0 Å². The van der Waals surface area contributed by atoms with E-state index in [0.717, 1.165) is 32.3 Å². The van der Waals surface area contributed by atoms with Gasteiger partial charge in [0.05, 0.1) is 6.10 Å². The highest BCUT2D eigenvalue weighted by Gasteiger charge is 2.31. The number of benzene rings is 1. The van der Waals surface area contributed by atoms with Gasteiger partial charge < -0.3 is 20.1 Å². The van der Waals surface area contributed by atoms with Gasteiger partial charge in [-0.05, 0) is 31.7 Å². The fourth-order valence-corrected chi connectivity index (χ4v) is 2.49. The van der Waals surface area contributed by atoms with Crippen LogP contribution in [0.1, 0.15) is 31.2 Å². The van der Waals surface area contributed by atoms with Crippen LogP contribution < -0.4 is 15.4 Å². The van der Waals surface area contributed by atoms with E-state index < -0.39 is 12.4 Å². The van der Waals surface area contributed by atoms with Crippen molar-refractivity contribution in [2.24, 2.45) is 0 Å². The maximum absolute atomic E-state index is 12.3. The minimum Gasteiger partial charge on any atom is -0.405 e. The molecule has 1 aromatic rings. The summed E-state index contributed by atoms with van der Waals surface area (Å²) in [4.78, 5) is 11.7. The molecule has 1 fully saturated rings. The van der Waals surface area contributed by atoms with Gasteiger partial charge in [-0.15, -0.1) is 13.2 Å². The molecule has 0 aliphatic carbocycles. The van der Waals surface area contributed by atoms with Crippen molar-refractivity contribution in [1.29, 1.82) is 0 Å². The molecule has 1 heterocycles.